The first-order valence-electron chi connectivity index (χ1n) is 8.33. The van der Waals surface area contributed by atoms with Gasteiger partial charge in [0.25, 0.3) is 0 Å². The number of carboxylic acid groups (broad SMARTS) is 1. The highest BCUT2D eigenvalue weighted by Gasteiger charge is 2.37. The Kier molecular flexibility index (Phi) is 4.26. The molecule has 5 heteroatoms. The van der Waals surface area contributed by atoms with E-state index >= 15 is 0 Å². The fraction of sp³-hybridized carbons (Fsp3) is 0.421. The second-order valence-corrected chi connectivity index (χ2v) is 6.39. The molecule has 0 unspecified atom stereocenters. The fourth-order valence-electron chi connectivity index (χ4n) is 3.18. The van der Waals surface area contributed by atoms with Gasteiger partial charge in [-0.1, -0.05) is 19.9 Å². The number of rotatable bonds is 5. The van der Waals surface area contributed by atoms with Gasteiger partial charge in [-0.05, 0) is 49.6 Å². The fourth-order valence-corrected chi connectivity index (χ4v) is 3.18. The van der Waals surface area contributed by atoms with Crippen LogP contribution in [0.15, 0.2) is 34.7 Å². The largest absolute Gasteiger partial charge is 0.483 e. The van der Waals surface area contributed by atoms with Crippen LogP contribution in [0.25, 0.3) is 0 Å². The minimum Gasteiger partial charge on any atom is -0.483 e. The maximum Gasteiger partial charge on any atom is 0.371 e. The molecule has 0 fully saturated rings. The van der Waals surface area contributed by atoms with Gasteiger partial charge in [0, 0.05) is 0 Å². The molecule has 1 aliphatic heterocycles. The molecular weight excluding hydrogens is 306 g/mol. The average molecular weight is 329 g/mol. The van der Waals surface area contributed by atoms with Crippen LogP contribution in [0, 0.1) is 6.92 Å². The van der Waals surface area contributed by atoms with E-state index in [9.17, 15) is 4.79 Å². The lowest BCUT2D eigenvalue weighted by molar-refractivity contribution is 0.0562. The number of ether oxygens (including phenoxy) is 1. The molecule has 0 amide bonds. The summed E-state index contributed by atoms with van der Waals surface area (Å²) >= 11 is 0. The van der Waals surface area contributed by atoms with E-state index in [-0.39, 0.29) is 11.4 Å². The molecule has 2 aromatic rings. The molecule has 0 spiro atoms. The number of hydrogen-bond donors (Lipinski definition) is 1. The summed E-state index contributed by atoms with van der Waals surface area (Å²) in [5.41, 5.74) is 1.96. The minimum absolute atomic E-state index is 0.0278. The second-order valence-electron chi connectivity index (χ2n) is 6.39. The zero-order chi connectivity index (χ0) is 17.3. The van der Waals surface area contributed by atoms with Crippen LogP contribution in [0.2, 0.25) is 0 Å². The lowest BCUT2D eigenvalue weighted by atomic mass is 9.93. The van der Waals surface area contributed by atoms with Gasteiger partial charge in [-0.25, -0.2) is 4.79 Å². The summed E-state index contributed by atoms with van der Waals surface area (Å²) in [5.74, 6) is 0.444. The number of nitrogens with zero attached hydrogens (tertiary/aromatic N) is 1. The Balaban J connectivity index is 1.95. The first-order chi connectivity index (χ1) is 11.5. The molecule has 1 aromatic heterocycles. The Morgan fingerprint density at radius 1 is 1.25 bits per heavy atom. The Morgan fingerprint density at radius 3 is 2.62 bits per heavy atom. The van der Waals surface area contributed by atoms with Gasteiger partial charge in [0.2, 0.25) is 5.76 Å². The van der Waals surface area contributed by atoms with E-state index in [4.69, 9.17) is 14.3 Å². The third-order valence-corrected chi connectivity index (χ3v) is 4.77. The predicted octanol–water partition coefficient (Wildman–Crippen LogP) is 4.24. The molecule has 2 heterocycles. The lowest BCUT2D eigenvalue weighted by Gasteiger charge is -2.44. The van der Waals surface area contributed by atoms with Crippen molar-refractivity contribution in [1.29, 1.82) is 0 Å². The number of anilines is 1. The summed E-state index contributed by atoms with van der Waals surface area (Å²) in [6.45, 7) is 7.59. The molecule has 3 rings (SSSR count). The smallest absolute Gasteiger partial charge is 0.371 e. The molecule has 1 aromatic carbocycles. The average Bonchev–Trinajstić information content (AvgIpc) is 3.04. The molecule has 0 aliphatic carbocycles. The van der Waals surface area contributed by atoms with Gasteiger partial charge in [0.15, 0.2) is 0 Å². The molecule has 0 saturated heterocycles. The SMILES string of the molecule is CCC1(CC)CN(Cc2ccc(C(=O)O)o2)c2cc(C)ccc2O1. The highest BCUT2D eigenvalue weighted by Crippen LogP contribution is 2.41. The summed E-state index contributed by atoms with van der Waals surface area (Å²) < 4.78 is 11.8. The third-order valence-electron chi connectivity index (χ3n) is 4.77. The maximum absolute atomic E-state index is 11.0. The van der Waals surface area contributed by atoms with Crippen LogP contribution in [-0.2, 0) is 6.54 Å². The van der Waals surface area contributed by atoms with E-state index < -0.39 is 5.97 Å². The van der Waals surface area contributed by atoms with Crippen molar-refractivity contribution in [2.45, 2.75) is 45.8 Å². The van der Waals surface area contributed by atoms with Gasteiger partial charge in [-0.15, -0.1) is 0 Å². The van der Waals surface area contributed by atoms with Crippen molar-refractivity contribution in [1.82, 2.24) is 0 Å². The number of carbonyl (C=O) groups is 1. The first-order valence-corrected chi connectivity index (χ1v) is 8.33. The number of carboxylic acids is 1. The Labute approximate surface area is 141 Å². The molecule has 24 heavy (non-hydrogen) atoms. The third kappa shape index (κ3) is 2.98. The molecule has 0 saturated carbocycles. The minimum atomic E-state index is -1.05. The molecule has 0 atom stereocenters. The van der Waals surface area contributed by atoms with Crippen molar-refractivity contribution in [2.75, 3.05) is 11.4 Å². The lowest BCUT2D eigenvalue weighted by Crippen LogP contribution is -2.50. The number of furan rings is 1. The van der Waals surface area contributed by atoms with Crippen molar-refractivity contribution >= 4 is 11.7 Å². The van der Waals surface area contributed by atoms with E-state index in [2.05, 4.69) is 31.7 Å². The van der Waals surface area contributed by atoms with Crippen LogP contribution in [-0.4, -0.2) is 23.2 Å². The van der Waals surface area contributed by atoms with Gasteiger partial charge in [0.1, 0.15) is 17.1 Å². The van der Waals surface area contributed by atoms with Crippen LogP contribution >= 0.6 is 0 Å². The van der Waals surface area contributed by atoms with E-state index in [1.807, 2.05) is 12.1 Å². The van der Waals surface area contributed by atoms with Crippen LogP contribution in [0.4, 0.5) is 5.69 Å². The topological polar surface area (TPSA) is 62.9 Å². The highest BCUT2D eigenvalue weighted by atomic mass is 16.5. The van der Waals surface area contributed by atoms with Gasteiger partial charge < -0.3 is 19.2 Å². The molecule has 0 bridgehead atoms. The summed E-state index contributed by atoms with van der Waals surface area (Å²) in [7, 11) is 0. The maximum atomic E-state index is 11.0. The van der Waals surface area contributed by atoms with Crippen molar-refractivity contribution < 1.29 is 19.1 Å². The Morgan fingerprint density at radius 2 is 2.00 bits per heavy atom. The van der Waals surface area contributed by atoms with Gasteiger partial charge >= 0.3 is 5.97 Å². The summed E-state index contributed by atoms with van der Waals surface area (Å²) in [6, 6.07) is 9.40. The molecule has 0 radical (unpaired) electrons. The number of hydrogen-bond acceptors (Lipinski definition) is 4. The van der Waals surface area contributed by atoms with E-state index in [0.29, 0.717) is 12.3 Å². The van der Waals surface area contributed by atoms with E-state index in [1.54, 1.807) is 6.07 Å². The zero-order valence-corrected chi connectivity index (χ0v) is 14.3. The quantitative estimate of drug-likeness (QED) is 0.889. The van der Waals surface area contributed by atoms with E-state index in [1.165, 1.54) is 6.07 Å². The molecule has 1 aliphatic rings. The van der Waals surface area contributed by atoms with Gasteiger partial charge in [0.05, 0.1) is 18.8 Å². The number of aryl methyl sites for hydroxylation is 1. The van der Waals surface area contributed by atoms with Crippen molar-refractivity contribution in [3.63, 3.8) is 0 Å². The monoisotopic (exact) mass is 329 g/mol. The molecule has 5 nitrogen and oxygen atoms in total. The number of benzene rings is 1. The van der Waals surface area contributed by atoms with Crippen LogP contribution < -0.4 is 9.64 Å². The second kappa shape index (κ2) is 6.23. The van der Waals surface area contributed by atoms with Gasteiger partial charge in [-0.2, -0.15) is 0 Å². The Bertz CT molecular complexity index is 746. The van der Waals surface area contributed by atoms with Crippen molar-refractivity contribution in [2.24, 2.45) is 0 Å². The molecule has 128 valence electrons. The summed E-state index contributed by atoms with van der Waals surface area (Å²) in [4.78, 5) is 13.2. The van der Waals surface area contributed by atoms with E-state index in [0.717, 1.165) is 36.4 Å². The van der Waals surface area contributed by atoms with Crippen molar-refractivity contribution in [3.05, 3.63) is 47.4 Å². The van der Waals surface area contributed by atoms with Crippen LogP contribution in [0.3, 0.4) is 0 Å². The highest BCUT2D eigenvalue weighted by molar-refractivity contribution is 5.84. The normalized spacial score (nSPS) is 15.7. The first kappa shape index (κ1) is 16.4. The molecule has 1 N–H and O–H groups in total. The Hall–Kier alpha value is -2.43. The summed E-state index contributed by atoms with van der Waals surface area (Å²) in [5, 5.41) is 9.03. The summed E-state index contributed by atoms with van der Waals surface area (Å²) in [6.07, 6.45) is 1.82. The van der Waals surface area contributed by atoms with Crippen molar-refractivity contribution in [3.8, 4) is 5.75 Å². The number of fused-ring (bicyclic) bond motifs is 1. The number of aromatic carboxylic acids is 1. The van der Waals surface area contributed by atoms with Gasteiger partial charge in [-0.3, -0.25) is 0 Å². The van der Waals surface area contributed by atoms with Crippen LogP contribution in [0.5, 0.6) is 5.75 Å². The zero-order valence-electron chi connectivity index (χ0n) is 14.3. The van der Waals surface area contributed by atoms with Crippen LogP contribution in [0.1, 0.15) is 48.6 Å². The standard InChI is InChI=1S/C19H23NO4/c1-4-19(5-2)12-20(11-14-7-9-17(23-14)18(21)22)15-10-13(3)6-8-16(15)24-19/h6-10H,4-5,11-12H2,1-3H3,(H,21,22). The molecular formula is C19H23NO4. The predicted molar refractivity (Wildman–Crippen MR) is 91.8 cm³/mol.